The van der Waals surface area contributed by atoms with Crippen LogP contribution in [0.2, 0.25) is 0 Å². The largest absolute Gasteiger partial charge is 0.371 e. The molecule has 6 rings (SSSR count). The van der Waals surface area contributed by atoms with Gasteiger partial charge in [0, 0.05) is 72.2 Å². The molecule has 43 heavy (non-hydrogen) atoms. The number of rotatable bonds is 6. The highest BCUT2D eigenvalue weighted by molar-refractivity contribution is 6.69. The second kappa shape index (κ2) is 12.1. The van der Waals surface area contributed by atoms with Crippen molar-refractivity contribution in [3.05, 3.63) is 101 Å². The van der Waals surface area contributed by atoms with E-state index in [0.717, 1.165) is 54.0 Å². The van der Waals surface area contributed by atoms with Crippen molar-refractivity contribution in [2.24, 2.45) is 4.99 Å². The minimum absolute atomic E-state index is 0.157. The van der Waals surface area contributed by atoms with Crippen LogP contribution in [0.1, 0.15) is 40.0 Å². The number of benzene rings is 2. The van der Waals surface area contributed by atoms with Crippen molar-refractivity contribution in [3.8, 4) is 0 Å². The molecule has 0 unspecified atom stereocenters. The van der Waals surface area contributed by atoms with E-state index in [-0.39, 0.29) is 16.9 Å². The Hall–Kier alpha value is -4.34. The van der Waals surface area contributed by atoms with Gasteiger partial charge in [0.25, 0.3) is 5.91 Å². The highest BCUT2D eigenvalue weighted by Crippen LogP contribution is 2.44. The number of aromatic nitrogens is 2. The lowest BCUT2D eigenvalue weighted by atomic mass is 9.84. The van der Waals surface area contributed by atoms with Crippen LogP contribution in [0, 0.1) is 5.82 Å². The van der Waals surface area contributed by atoms with Crippen molar-refractivity contribution in [3.63, 3.8) is 0 Å². The summed E-state index contributed by atoms with van der Waals surface area (Å²) in [5.74, 6) is -0.0646. The molecular formula is C33H33ClFN7O. The molecule has 8 nitrogen and oxygen atoms in total. The van der Waals surface area contributed by atoms with Crippen molar-refractivity contribution < 1.29 is 9.18 Å². The highest BCUT2D eigenvalue weighted by Gasteiger charge is 2.30. The maximum absolute atomic E-state index is 15.9. The smallest absolute Gasteiger partial charge is 0.251 e. The average Bonchev–Trinajstić information content (AvgIpc) is 3.19. The molecule has 10 heteroatoms. The normalized spacial score (nSPS) is 16.7. The van der Waals surface area contributed by atoms with Gasteiger partial charge in [0.2, 0.25) is 5.95 Å². The molecule has 2 aliphatic heterocycles. The molecule has 1 aliphatic carbocycles. The number of halogens is 2. The Morgan fingerprint density at radius 1 is 1.07 bits per heavy atom. The van der Waals surface area contributed by atoms with Gasteiger partial charge in [-0.15, -0.1) is 0 Å². The number of amides is 1. The van der Waals surface area contributed by atoms with Crippen molar-refractivity contribution >= 4 is 51.1 Å². The molecule has 3 heterocycles. The Morgan fingerprint density at radius 2 is 1.84 bits per heavy atom. The Kier molecular flexibility index (Phi) is 8.10. The zero-order valence-corrected chi connectivity index (χ0v) is 25.1. The highest BCUT2D eigenvalue weighted by atomic mass is 35.5. The molecule has 1 fully saturated rings. The molecule has 2 aromatic carbocycles. The Bertz CT molecular complexity index is 1690. The number of hydrogen-bond acceptors (Lipinski definition) is 7. The molecule has 3 aliphatic rings. The number of piperidine rings is 1. The molecule has 220 valence electrons. The third-order valence-corrected chi connectivity index (χ3v) is 8.44. The fraction of sp³-hybridized carbons (Fsp3) is 0.273. The molecule has 0 atom stereocenters. The SMILES string of the molecule is CNC(=O)c1ccc(Nc2ncc3c(n2)C2=CN=C(Cl)C=C(c4c(F)cccc4N4CCC(N(C)C)CC4)C2=CC3)cc1. The molecule has 1 saturated heterocycles. The van der Waals surface area contributed by atoms with E-state index in [1.807, 2.05) is 6.07 Å². The molecule has 0 spiro atoms. The first-order valence-corrected chi connectivity index (χ1v) is 14.7. The van der Waals surface area contributed by atoms with Gasteiger partial charge in [-0.2, -0.15) is 0 Å². The second-order valence-electron chi connectivity index (χ2n) is 11.0. The van der Waals surface area contributed by atoms with E-state index in [9.17, 15) is 4.79 Å². The Labute approximate surface area is 255 Å². The molecule has 1 amide bonds. The van der Waals surface area contributed by atoms with Gasteiger partial charge in [0.15, 0.2) is 0 Å². The van der Waals surface area contributed by atoms with Crippen LogP contribution in [0.3, 0.4) is 0 Å². The predicted molar refractivity (Wildman–Crippen MR) is 171 cm³/mol. The topological polar surface area (TPSA) is 85.7 Å². The summed E-state index contributed by atoms with van der Waals surface area (Å²) in [5.41, 5.74) is 6.59. The minimum Gasteiger partial charge on any atom is -0.371 e. The molecular weight excluding hydrogens is 565 g/mol. The molecule has 0 saturated carbocycles. The minimum atomic E-state index is -0.304. The lowest BCUT2D eigenvalue weighted by molar-refractivity contribution is 0.0963. The monoisotopic (exact) mass is 597 g/mol. The third kappa shape index (κ3) is 5.83. The number of allylic oxidation sites excluding steroid dienone is 5. The van der Waals surface area contributed by atoms with E-state index in [1.54, 1.807) is 55.9 Å². The summed E-state index contributed by atoms with van der Waals surface area (Å²) in [6.45, 7) is 1.68. The summed E-state index contributed by atoms with van der Waals surface area (Å²) in [6, 6.07) is 12.8. The van der Waals surface area contributed by atoms with Gasteiger partial charge in [-0.1, -0.05) is 23.7 Å². The van der Waals surface area contributed by atoms with Crippen LogP contribution >= 0.6 is 11.6 Å². The third-order valence-electron chi connectivity index (χ3n) is 8.23. The zero-order valence-electron chi connectivity index (χ0n) is 24.4. The van der Waals surface area contributed by atoms with Gasteiger partial charge in [0.1, 0.15) is 11.0 Å². The van der Waals surface area contributed by atoms with E-state index in [2.05, 4.69) is 50.6 Å². The summed E-state index contributed by atoms with van der Waals surface area (Å²) < 4.78 is 15.9. The van der Waals surface area contributed by atoms with E-state index in [1.165, 1.54) is 6.07 Å². The fourth-order valence-corrected chi connectivity index (χ4v) is 6.05. The average molecular weight is 598 g/mol. The molecule has 2 N–H and O–H groups in total. The number of carbonyl (C=O) groups excluding carboxylic acids is 1. The van der Waals surface area contributed by atoms with Crippen LogP contribution in [0.25, 0.3) is 11.1 Å². The zero-order chi connectivity index (χ0) is 30.1. The number of hydrogen-bond donors (Lipinski definition) is 2. The predicted octanol–water partition coefficient (Wildman–Crippen LogP) is 5.81. The van der Waals surface area contributed by atoms with E-state index in [4.69, 9.17) is 16.6 Å². The Balaban J connectivity index is 1.34. The lowest BCUT2D eigenvalue weighted by Gasteiger charge is -2.37. The summed E-state index contributed by atoms with van der Waals surface area (Å²) in [4.78, 5) is 30.3. The number of fused-ring (bicyclic) bond motifs is 3. The van der Waals surface area contributed by atoms with Crippen LogP contribution in [0.5, 0.6) is 0 Å². The van der Waals surface area contributed by atoms with Crippen molar-refractivity contribution in [2.75, 3.05) is 44.4 Å². The van der Waals surface area contributed by atoms with Gasteiger partial charge < -0.3 is 20.4 Å². The fourth-order valence-electron chi connectivity index (χ4n) is 5.90. The summed E-state index contributed by atoms with van der Waals surface area (Å²) in [5, 5.41) is 6.11. The van der Waals surface area contributed by atoms with Gasteiger partial charge in [0.05, 0.1) is 5.69 Å². The molecule has 0 radical (unpaired) electrons. The first kappa shape index (κ1) is 28.8. The van der Waals surface area contributed by atoms with Gasteiger partial charge >= 0.3 is 0 Å². The Morgan fingerprint density at radius 3 is 2.56 bits per heavy atom. The van der Waals surface area contributed by atoms with Crippen LogP contribution in [-0.4, -0.2) is 66.2 Å². The number of carbonyl (C=O) groups is 1. The number of anilines is 3. The van der Waals surface area contributed by atoms with Crippen LogP contribution in [-0.2, 0) is 6.42 Å². The van der Waals surface area contributed by atoms with E-state index >= 15 is 4.39 Å². The van der Waals surface area contributed by atoms with Crippen LogP contribution in [0.15, 0.2) is 77.6 Å². The summed E-state index contributed by atoms with van der Waals surface area (Å²) in [6.07, 6.45) is 9.92. The van der Waals surface area contributed by atoms with Crippen molar-refractivity contribution in [2.45, 2.75) is 25.3 Å². The molecule has 0 bridgehead atoms. The first-order valence-electron chi connectivity index (χ1n) is 14.3. The van der Waals surface area contributed by atoms with Gasteiger partial charge in [-0.25, -0.2) is 19.4 Å². The number of nitrogens with one attached hydrogen (secondary N) is 2. The van der Waals surface area contributed by atoms with Crippen molar-refractivity contribution in [1.29, 1.82) is 0 Å². The summed E-state index contributed by atoms with van der Waals surface area (Å²) >= 11 is 6.57. The number of aliphatic imine (C=N–C) groups is 1. The van der Waals surface area contributed by atoms with Crippen LogP contribution in [0.4, 0.5) is 21.7 Å². The van der Waals surface area contributed by atoms with Gasteiger partial charge in [-0.3, -0.25) is 4.79 Å². The molecule has 1 aromatic heterocycles. The van der Waals surface area contributed by atoms with Gasteiger partial charge in [-0.05, 0) is 87.0 Å². The number of nitrogens with zero attached hydrogens (tertiary/aromatic N) is 5. The van der Waals surface area contributed by atoms with Crippen molar-refractivity contribution in [1.82, 2.24) is 20.2 Å². The quantitative estimate of drug-likeness (QED) is 0.373. The summed E-state index contributed by atoms with van der Waals surface area (Å²) in [7, 11) is 5.82. The standard InChI is InChI=1S/C33H33ClFN7O/c1-36-32(43)20-7-10-22(11-8-20)39-33-38-18-21-9-12-24-25(17-29(34)37-19-26(24)31(21)40-33)30-27(35)5-4-6-28(30)42-15-13-23(14-16-42)41(2)3/h4-8,10-12,17-19,23H,9,13-16H2,1-3H3,(H,36,43)(H,38,39,40). The second-order valence-corrected chi connectivity index (χ2v) is 11.4. The maximum Gasteiger partial charge on any atom is 0.251 e. The first-order chi connectivity index (χ1) is 20.8. The van der Waals surface area contributed by atoms with Crippen LogP contribution < -0.4 is 15.5 Å². The lowest BCUT2D eigenvalue weighted by Crippen LogP contribution is -2.42. The maximum atomic E-state index is 15.9. The van der Waals surface area contributed by atoms with E-state index < -0.39 is 0 Å². The molecule has 3 aromatic rings. The van der Waals surface area contributed by atoms with E-state index in [0.29, 0.717) is 40.8 Å².